The Morgan fingerprint density at radius 2 is 2.33 bits per heavy atom. The lowest BCUT2D eigenvalue weighted by Gasteiger charge is -2.19. The Kier molecular flexibility index (Phi) is 4.72. The monoisotopic (exact) mass is 269 g/mol. The Morgan fingerprint density at radius 1 is 1.61 bits per heavy atom. The van der Waals surface area contributed by atoms with Crippen molar-refractivity contribution in [2.45, 2.75) is 38.5 Å². The first kappa shape index (κ1) is 13.5. The molecule has 1 aromatic heterocycles. The number of hydrogen-bond donors (Lipinski definition) is 1. The molecule has 1 aliphatic rings. The van der Waals surface area contributed by atoms with Crippen LogP contribution >= 0.6 is 11.3 Å². The highest BCUT2D eigenvalue weighted by atomic mass is 32.1. The van der Waals surface area contributed by atoms with Crippen LogP contribution in [-0.2, 0) is 16.0 Å². The second-order valence-corrected chi connectivity index (χ2v) is 5.77. The molecule has 0 aliphatic carbocycles. The van der Waals surface area contributed by atoms with E-state index in [1.165, 1.54) is 5.69 Å². The Balaban J connectivity index is 1.87. The Bertz CT molecular complexity index is 399. The number of rotatable bonds is 5. The standard InChI is InChI=1S/C13H19NO3S/c1-9(13(15)16)2-3-12-14-11(8-18-12)10-4-6-17-7-5-10/h8-10H,2-7H2,1H3,(H,15,16). The first-order valence-electron chi connectivity index (χ1n) is 6.41. The number of thiazole rings is 1. The van der Waals surface area contributed by atoms with Crippen molar-refractivity contribution in [3.05, 3.63) is 16.1 Å². The third kappa shape index (κ3) is 3.53. The van der Waals surface area contributed by atoms with Gasteiger partial charge in [-0.15, -0.1) is 11.3 Å². The third-order valence-corrected chi connectivity index (χ3v) is 4.35. The van der Waals surface area contributed by atoms with Gasteiger partial charge in [0.25, 0.3) is 0 Å². The smallest absolute Gasteiger partial charge is 0.306 e. The van der Waals surface area contributed by atoms with E-state index in [0.29, 0.717) is 12.3 Å². The molecule has 1 aliphatic heterocycles. The lowest BCUT2D eigenvalue weighted by molar-refractivity contribution is -0.141. The summed E-state index contributed by atoms with van der Waals surface area (Å²) in [5.74, 6) is -0.489. The minimum atomic E-state index is -0.726. The van der Waals surface area contributed by atoms with Crippen molar-refractivity contribution in [3.63, 3.8) is 0 Å². The second kappa shape index (κ2) is 6.29. The molecular weight excluding hydrogens is 250 g/mol. The SMILES string of the molecule is CC(CCc1nc(C2CCOCC2)cs1)C(=O)O. The van der Waals surface area contributed by atoms with Gasteiger partial charge in [-0.1, -0.05) is 6.92 Å². The van der Waals surface area contributed by atoms with Gasteiger partial charge >= 0.3 is 5.97 Å². The van der Waals surface area contributed by atoms with Gasteiger partial charge in [0.2, 0.25) is 0 Å². The first-order valence-corrected chi connectivity index (χ1v) is 7.29. The molecule has 1 saturated heterocycles. The predicted octanol–water partition coefficient (Wildman–Crippen LogP) is 2.69. The summed E-state index contributed by atoms with van der Waals surface area (Å²) >= 11 is 1.65. The number of nitrogens with zero attached hydrogens (tertiary/aromatic N) is 1. The Labute approximate surface area is 111 Å². The topological polar surface area (TPSA) is 59.4 Å². The van der Waals surface area contributed by atoms with Crippen LogP contribution in [0.5, 0.6) is 0 Å². The molecular formula is C13H19NO3S. The van der Waals surface area contributed by atoms with E-state index in [9.17, 15) is 4.79 Å². The summed E-state index contributed by atoms with van der Waals surface area (Å²) in [6.07, 6.45) is 3.53. The van der Waals surface area contributed by atoms with E-state index < -0.39 is 5.97 Å². The van der Waals surface area contributed by atoms with Crippen LogP contribution in [0.3, 0.4) is 0 Å². The molecule has 1 fully saturated rings. The number of ether oxygens (including phenoxy) is 1. The zero-order valence-electron chi connectivity index (χ0n) is 10.6. The molecule has 0 amide bonds. The van der Waals surface area contributed by atoms with E-state index >= 15 is 0 Å². The van der Waals surface area contributed by atoms with Gasteiger partial charge in [0, 0.05) is 30.9 Å². The maximum absolute atomic E-state index is 10.7. The van der Waals surface area contributed by atoms with Gasteiger partial charge in [-0.3, -0.25) is 4.79 Å². The zero-order chi connectivity index (χ0) is 13.0. The van der Waals surface area contributed by atoms with E-state index in [2.05, 4.69) is 10.4 Å². The van der Waals surface area contributed by atoms with Crippen molar-refractivity contribution in [1.82, 2.24) is 4.98 Å². The number of carboxylic acids is 1. The molecule has 1 aromatic rings. The van der Waals surface area contributed by atoms with Crippen LogP contribution in [0.15, 0.2) is 5.38 Å². The number of aliphatic carboxylic acids is 1. The summed E-state index contributed by atoms with van der Waals surface area (Å²) in [6, 6.07) is 0. The highest BCUT2D eigenvalue weighted by Gasteiger charge is 2.19. The molecule has 2 rings (SSSR count). The fourth-order valence-corrected chi connectivity index (χ4v) is 2.98. The van der Waals surface area contributed by atoms with Gasteiger partial charge in [0.05, 0.1) is 16.6 Å². The summed E-state index contributed by atoms with van der Waals surface area (Å²) < 4.78 is 5.34. The fourth-order valence-electron chi connectivity index (χ4n) is 2.08. The number of hydrogen-bond acceptors (Lipinski definition) is 4. The van der Waals surface area contributed by atoms with Crippen LogP contribution in [0.25, 0.3) is 0 Å². The van der Waals surface area contributed by atoms with Gasteiger partial charge < -0.3 is 9.84 Å². The minimum absolute atomic E-state index is 0.291. The number of carboxylic acid groups (broad SMARTS) is 1. The second-order valence-electron chi connectivity index (χ2n) is 4.83. The Hall–Kier alpha value is -0.940. The average Bonchev–Trinajstić information content (AvgIpc) is 2.85. The zero-order valence-corrected chi connectivity index (χ0v) is 11.4. The first-order chi connectivity index (χ1) is 8.66. The summed E-state index contributed by atoms with van der Waals surface area (Å²) in [4.78, 5) is 15.4. The number of aromatic nitrogens is 1. The summed E-state index contributed by atoms with van der Waals surface area (Å²) in [5.41, 5.74) is 1.17. The molecule has 2 heterocycles. The molecule has 0 radical (unpaired) electrons. The van der Waals surface area contributed by atoms with Gasteiger partial charge in [-0.2, -0.15) is 0 Å². The maximum Gasteiger partial charge on any atom is 0.306 e. The molecule has 1 N–H and O–H groups in total. The molecule has 0 spiro atoms. The molecule has 4 nitrogen and oxygen atoms in total. The molecule has 5 heteroatoms. The highest BCUT2D eigenvalue weighted by Crippen LogP contribution is 2.28. The number of aryl methyl sites for hydroxylation is 1. The molecule has 1 atom stereocenters. The van der Waals surface area contributed by atoms with Crippen LogP contribution in [-0.4, -0.2) is 29.3 Å². The maximum atomic E-state index is 10.7. The lowest BCUT2D eigenvalue weighted by Crippen LogP contribution is -2.14. The predicted molar refractivity (Wildman–Crippen MR) is 70.0 cm³/mol. The lowest BCUT2D eigenvalue weighted by atomic mass is 9.97. The molecule has 1 unspecified atom stereocenters. The van der Waals surface area contributed by atoms with Gasteiger partial charge in [-0.25, -0.2) is 4.98 Å². The van der Waals surface area contributed by atoms with Crippen molar-refractivity contribution >= 4 is 17.3 Å². The van der Waals surface area contributed by atoms with Crippen LogP contribution in [0, 0.1) is 5.92 Å². The van der Waals surface area contributed by atoms with Gasteiger partial charge in [0.1, 0.15) is 0 Å². The van der Waals surface area contributed by atoms with Crippen molar-refractivity contribution in [2.75, 3.05) is 13.2 Å². The van der Waals surface area contributed by atoms with Crippen LogP contribution in [0.1, 0.15) is 42.8 Å². The van der Waals surface area contributed by atoms with E-state index in [0.717, 1.165) is 37.5 Å². The van der Waals surface area contributed by atoms with E-state index in [4.69, 9.17) is 9.84 Å². The van der Waals surface area contributed by atoms with E-state index in [1.807, 2.05) is 0 Å². The fraction of sp³-hybridized carbons (Fsp3) is 0.692. The highest BCUT2D eigenvalue weighted by molar-refractivity contribution is 7.09. The van der Waals surface area contributed by atoms with Crippen molar-refractivity contribution in [1.29, 1.82) is 0 Å². The van der Waals surface area contributed by atoms with Crippen molar-refractivity contribution in [2.24, 2.45) is 5.92 Å². The van der Waals surface area contributed by atoms with Crippen LogP contribution < -0.4 is 0 Å². The molecule has 18 heavy (non-hydrogen) atoms. The largest absolute Gasteiger partial charge is 0.481 e. The van der Waals surface area contributed by atoms with Gasteiger partial charge in [-0.05, 0) is 19.3 Å². The molecule has 100 valence electrons. The third-order valence-electron chi connectivity index (χ3n) is 3.42. The summed E-state index contributed by atoms with van der Waals surface area (Å²) in [6.45, 7) is 3.40. The van der Waals surface area contributed by atoms with E-state index in [1.54, 1.807) is 18.3 Å². The quantitative estimate of drug-likeness (QED) is 0.892. The summed E-state index contributed by atoms with van der Waals surface area (Å²) in [5, 5.41) is 12.0. The van der Waals surface area contributed by atoms with Crippen LogP contribution in [0.4, 0.5) is 0 Å². The van der Waals surface area contributed by atoms with Crippen LogP contribution in [0.2, 0.25) is 0 Å². The number of carbonyl (C=O) groups is 1. The van der Waals surface area contributed by atoms with Crippen molar-refractivity contribution < 1.29 is 14.6 Å². The van der Waals surface area contributed by atoms with E-state index in [-0.39, 0.29) is 5.92 Å². The van der Waals surface area contributed by atoms with Gasteiger partial charge in [0.15, 0.2) is 0 Å². The average molecular weight is 269 g/mol. The Morgan fingerprint density at radius 3 is 3.00 bits per heavy atom. The summed E-state index contributed by atoms with van der Waals surface area (Å²) in [7, 11) is 0. The van der Waals surface area contributed by atoms with Crippen molar-refractivity contribution in [3.8, 4) is 0 Å². The minimum Gasteiger partial charge on any atom is -0.481 e. The molecule has 0 aromatic carbocycles. The molecule has 0 bridgehead atoms. The normalized spacial score (nSPS) is 18.7. The molecule has 0 saturated carbocycles.